The lowest BCUT2D eigenvalue weighted by molar-refractivity contribution is 0.449. The Kier molecular flexibility index (Phi) is 7.70. The first-order valence-corrected chi connectivity index (χ1v) is 15.0. The fraction of sp³-hybridized carbons (Fsp3) is 0.333. The van der Waals surface area contributed by atoms with Crippen LogP contribution in [0.5, 0.6) is 23.0 Å². The van der Waals surface area contributed by atoms with Crippen molar-refractivity contribution in [3.63, 3.8) is 0 Å². The van der Waals surface area contributed by atoms with Crippen LogP contribution in [0.15, 0.2) is 48.5 Å². The second-order valence-corrected chi connectivity index (χ2v) is 14.5. The molecule has 0 amide bonds. The molecule has 0 radical (unpaired) electrons. The van der Waals surface area contributed by atoms with E-state index in [9.17, 15) is 20.4 Å². The molecule has 0 fully saturated rings. The monoisotopic (exact) mass is 604 g/mol. The van der Waals surface area contributed by atoms with Crippen molar-refractivity contribution >= 4 is 23.2 Å². The smallest absolute Gasteiger partial charge is 0.122 e. The van der Waals surface area contributed by atoms with Crippen molar-refractivity contribution in [1.82, 2.24) is 0 Å². The molecule has 0 aromatic heterocycles. The minimum atomic E-state index is -0.216. The molecule has 0 aliphatic heterocycles. The van der Waals surface area contributed by atoms with Gasteiger partial charge in [0.25, 0.3) is 0 Å². The van der Waals surface area contributed by atoms with Crippen molar-refractivity contribution in [2.24, 2.45) is 0 Å². The highest BCUT2D eigenvalue weighted by atomic mass is 35.5. The Bertz CT molecular complexity index is 1480. The Hall–Kier alpha value is -3.34. The van der Waals surface area contributed by atoms with E-state index in [0.717, 1.165) is 11.1 Å². The van der Waals surface area contributed by atoms with Gasteiger partial charge in [0, 0.05) is 58.0 Å². The molecule has 1 aliphatic rings. The minimum absolute atomic E-state index is 0.0883. The van der Waals surface area contributed by atoms with Crippen LogP contribution in [-0.2, 0) is 36.5 Å². The molecule has 1 aliphatic carbocycles. The van der Waals surface area contributed by atoms with Crippen LogP contribution >= 0.6 is 23.2 Å². The molecule has 4 aromatic carbocycles. The Labute approximate surface area is 258 Å². The third-order valence-corrected chi connectivity index (χ3v) is 8.69. The summed E-state index contributed by atoms with van der Waals surface area (Å²) < 4.78 is 0. The summed E-state index contributed by atoms with van der Waals surface area (Å²) in [6.45, 7) is 12.6. The van der Waals surface area contributed by atoms with E-state index < -0.39 is 0 Å². The Morgan fingerprint density at radius 3 is 0.786 bits per heavy atom. The third-order valence-electron chi connectivity index (χ3n) is 8.26. The highest BCUT2D eigenvalue weighted by molar-refractivity contribution is 6.31. The standard InChI is InChI=1S/C36H38Cl2O4/c1-35(2,3)27-11-19-7-23-15-29(37)17-25(33(23)41)9-21-13-28(36(4,5)6)14-22(32(21)40)10-26-18-30(38)16-24(34(26)42)8-20(12-27)31(19)39/h11-18,39-42H,7-10H2,1-6H3. The highest BCUT2D eigenvalue weighted by Gasteiger charge is 2.25. The maximum atomic E-state index is 11.5. The first kappa shape index (κ1) is 30.1. The topological polar surface area (TPSA) is 80.9 Å². The number of rotatable bonds is 0. The summed E-state index contributed by atoms with van der Waals surface area (Å²) in [5.41, 5.74) is 6.52. The molecule has 0 heterocycles. The molecule has 0 unspecified atom stereocenters. The van der Waals surface area contributed by atoms with Crippen LogP contribution in [0.2, 0.25) is 10.0 Å². The van der Waals surface area contributed by atoms with Crippen LogP contribution in [0.3, 0.4) is 0 Å². The predicted molar refractivity (Wildman–Crippen MR) is 171 cm³/mol. The Morgan fingerprint density at radius 2 is 0.595 bits per heavy atom. The molecule has 42 heavy (non-hydrogen) atoms. The lowest BCUT2D eigenvalue weighted by atomic mass is 9.81. The average molecular weight is 606 g/mol. The number of hydrogen-bond donors (Lipinski definition) is 4. The fourth-order valence-electron chi connectivity index (χ4n) is 5.72. The fourth-order valence-corrected chi connectivity index (χ4v) is 6.25. The molecule has 220 valence electrons. The lowest BCUT2D eigenvalue weighted by Gasteiger charge is -2.24. The van der Waals surface area contributed by atoms with Gasteiger partial charge in [-0.3, -0.25) is 0 Å². The molecule has 5 rings (SSSR count). The summed E-state index contributed by atoms with van der Waals surface area (Å²) in [7, 11) is 0. The van der Waals surface area contributed by atoms with Gasteiger partial charge in [-0.25, -0.2) is 0 Å². The van der Waals surface area contributed by atoms with E-state index in [2.05, 4.69) is 41.5 Å². The summed E-state index contributed by atoms with van der Waals surface area (Å²) in [6, 6.07) is 14.8. The van der Waals surface area contributed by atoms with Crippen LogP contribution < -0.4 is 0 Å². The van der Waals surface area contributed by atoms with Gasteiger partial charge in [0.2, 0.25) is 0 Å². The van der Waals surface area contributed by atoms with Crippen molar-refractivity contribution in [1.29, 1.82) is 0 Å². The molecule has 8 bridgehead atoms. The normalized spacial score (nSPS) is 13.7. The predicted octanol–water partition coefficient (Wildman–Crippen LogP) is 9.09. The zero-order valence-corrected chi connectivity index (χ0v) is 26.5. The van der Waals surface area contributed by atoms with Gasteiger partial charge in [-0.05, 0) is 68.5 Å². The van der Waals surface area contributed by atoms with Crippen LogP contribution in [0.1, 0.15) is 97.2 Å². The van der Waals surface area contributed by atoms with Crippen molar-refractivity contribution in [3.05, 3.63) is 114 Å². The molecule has 0 saturated heterocycles. The van der Waals surface area contributed by atoms with E-state index in [-0.39, 0.29) is 59.5 Å². The van der Waals surface area contributed by atoms with Gasteiger partial charge in [0.1, 0.15) is 23.0 Å². The van der Waals surface area contributed by atoms with Crippen molar-refractivity contribution in [2.75, 3.05) is 0 Å². The van der Waals surface area contributed by atoms with Gasteiger partial charge in [0.05, 0.1) is 0 Å². The number of fused-ring (bicyclic) bond motifs is 8. The summed E-state index contributed by atoms with van der Waals surface area (Å²) in [5, 5.41) is 46.9. The first-order chi connectivity index (χ1) is 19.5. The third kappa shape index (κ3) is 5.93. The summed E-state index contributed by atoms with van der Waals surface area (Å²) in [5.74, 6) is 0.389. The Morgan fingerprint density at radius 1 is 0.405 bits per heavy atom. The number of halogens is 2. The maximum Gasteiger partial charge on any atom is 0.122 e. The van der Waals surface area contributed by atoms with Gasteiger partial charge in [-0.15, -0.1) is 0 Å². The number of phenolic OH excluding ortho intramolecular Hbond substituents is 4. The van der Waals surface area contributed by atoms with E-state index in [1.807, 2.05) is 24.3 Å². The number of phenols is 4. The van der Waals surface area contributed by atoms with Crippen molar-refractivity contribution in [3.8, 4) is 23.0 Å². The van der Waals surface area contributed by atoms with Crippen LogP contribution in [-0.4, -0.2) is 20.4 Å². The molecule has 4 nitrogen and oxygen atoms in total. The summed E-state index contributed by atoms with van der Waals surface area (Å²) in [6.07, 6.45) is 0.977. The zero-order chi connectivity index (χ0) is 30.7. The maximum absolute atomic E-state index is 11.5. The van der Waals surface area contributed by atoms with Crippen molar-refractivity contribution in [2.45, 2.75) is 78.1 Å². The Balaban J connectivity index is 1.82. The molecule has 0 atom stereocenters. The van der Waals surface area contributed by atoms with E-state index in [1.54, 1.807) is 24.3 Å². The number of aromatic hydroxyl groups is 4. The molecule has 0 spiro atoms. The second kappa shape index (κ2) is 10.7. The molecule has 6 heteroatoms. The van der Waals surface area contributed by atoms with E-state index in [0.29, 0.717) is 54.6 Å². The summed E-state index contributed by atoms with van der Waals surface area (Å²) >= 11 is 13.2. The van der Waals surface area contributed by atoms with Gasteiger partial charge in [0.15, 0.2) is 0 Å². The molecular weight excluding hydrogens is 567 g/mol. The average Bonchev–Trinajstić information content (AvgIpc) is 2.87. The van der Waals surface area contributed by atoms with Crippen LogP contribution in [0.4, 0.5) is 0 Å². The largest absolute Gasteiger partial charge is 0.507 e. The zero-order valence-electron chi connectivity index (χ0n) is 25.0. The highest BCUT2D eigenvalue weighted by Crippen LogP contribution is 2.42. The summed E-state index contributed by atoms with van der Waals surface area (Å²) in [4.78, 5) is 0. The van der Waals surface area contributed by atoms with Crippen molar-refractivity contribution < 1.29 is 20.4 Å². The second-order valence-electron chi connectivity index (χ2n) is 13.6. The van der Waals surface area contributed by atoms with E-state index >= 15 is 0 Å². The molecule has 0 saturated carbocycles. The van der Waals surface area contributed by atoms with E-state index in [4.69, 9.17) is 23.2 Å². The molecular formula is C36H38Cl2O4. The quantitative estimate of drug-likeness (QED) is 0.142. The van der Waals surface area contributed by atoms with Gasteiger partial charge in [-0.1, -0.05) is 89.0 Å². The van der Waals surface area contributed by atoms with Gasteiger partial charge < -0.3 is 20.4 Å². The lowest BCUT2D eigenvalue weighted by Crippen LogP contribution is -2.13. The van der Waals surface area contributed by atoms with Gasteiger partial charge >= 0.3 is 0 Å². The minimum Gasteiger partial charge on any atom is -0.507 e. The number of benzene rings is 4. The van der Waals surface area contributed by atoms with Crippen LogP contribution in [0.25, 0.3) is 0 Å². The van der Waals surface area contributed by atoms with Crippen LogP contribution in [0, 0.1) is 0 Å². The van der Waals surface area contributed by atoms with E-state index in [1.165, 1.54) is 0 Å². The number of hydrogen-bond acceptors (Lipinski definition) is 4. The molecule has 4 aromatic rings. The SMILES string of the molecule is CC(C)(C)c1cc2c(O)c(c1)Cc1cc(Cl)cc(c1O)Cc1cc(C(C)(C)C)cc(c1O)Cc1cc(Cl)cc(c1O)C2. The van der Waals surface area contributed by atoms with Gasteiger partial charge in [-0.2, -0.15) is 0 Å². The first-order valence-electron chi connectivity index (χ1n) is 14.2. The molecule has 4 N–H and O–H groups in total.